The molecule has 0 saturated carbocycles. The summed E-state index contributed by atoms with van der Waals surface area (Å²) in [4.78, 5) is 0. The van der Waals surface area contributed by atoms with Gasteiger partial charge in [-0.1, -0.05) is 38.1 Å². The third kappa shape index (κ3) is 2.52. The van der Waals surface area contributed by atoms with Gasteiger partial charge in [0.05, 0.1) is 11.6 Å². The highest BCUT2D eigenvalue weighted by atomic mass is 14.5. The van der Waals surface area contributed by atoms with Crippen molar-refractivity contribution in [2.45, 2.75) is 19.8 Å². The van der Waals surface area contributed by atoms with Crippen molar-refractivity contribution in [2.75, 3.05) is 5.73 Å². The van der Waals surface area contributed by atoms with Gasteiger partial charge in [0.1, 0.15) is 0 Å². The quantitative estimate of drug-likeness (QED) is 0.803. The van der Waals surface area contributed by atoms with Gasteiger partial charge in [-0.2, -0.15) is 5.26 Å². The molecule has 0 amide bonds. The first-order valence-corrected chi connectivity index (χ1v) is 6.01. The first kappa shape index (κ1) is 12.2. The van der Waals surface area contributed by atoms with E-state index in [1.165, 1.54) is 5.56 Å². The Hall–Kier alpha value is -2.27. The van der Waals surface area contributed by atoms with Crippen molar-refractivity contribution < 1.29 is 0 Å². The lowest BCUT2D eigenvalue weighted by Crippen LogP contribution is -1.91. The molecular formula is C16H16N2. The van der Waals surface area contributed by atoms with Crippen molar-refractivity contribution in [1.82, 2.24) is 0 Å². The molecule has 2 aromatic rings. The van der Waals surface area contributed by atoms with E-state index in [9.17, 15) is 0 Å². The molecule has 0 saturated heterocycles. The monoisotopic (exact) mass is 236 g/mol. The summed E-state index contributed by atoms with van der Waals surface area (Å²) in [6.07, 6.45) is 0. The van der Waals surface area contributed by atoms with Gasteiger partial charge in [0.15, 0.2) is 0 Å². The van der Waals surface area contributed by atoms with Crippen molar-refractivity contribution >= 4 is 5.69 Å². The lowest BCUT2D eigenvalue weighted by atomic mass is 9.96. The smallest absolute Gasteiger partial charge is 0.0992 e. The highest BCUT2D eigenvalue weighted by Crippen LogP contribution is 2.26. The van der Waals surface area contributed by atoms with Crippen LogP contribution in [0.2, 0.25) is 0 Å². The summed E-state index contributed by atoms with van der Waals surface area (Å²) in [6, 6.07) is 16.0. The standard InChI is InChI=1S/C16H16N2/c1-11(2)13-4-3-5-14(8-13)15-6-12(10-17)7-16(18)9-15/h3-9,11H,18H2,1-2H3. The summed E-state index contributed by atoms with van der Waals surface area (Å²) in [5.41, 5.74) is 10.4. The van der Waals surface area contributed by atoms with Crippen molar-refractivity contribution in [3.8, 4) is 17.2 Å². The first-order chi connectivity index (χ1) is 8.60. The van der Waals surface area contributed by atoms with Crippen LogP contribution in [0.3, 0.4) is 0 Å². The van der Waals surface area contributed by atoms with E-state index in [-0.39, 0.29) is 0 Å². The lowest BCUT2D eigenvalue weighted by molar-refractivity contribution is 0.867. The van der Waals surface area contributed by atoms with Gasteiger partial charge >= 0.3 is 0 Å². The van der Waals surface area contributed by atoms with Crippen molar-refractivity contribution in [2.24, 2.45) is 0 Å². The van der Waals surface area contributed by atoms with E-state index in [1.807, 2.05) is 24.3 Å². The van der Waals surface area contributed by atoms with Crippen LogP contribution in [0.5, 0.6) is 0 Å². The summed E-state index contributed by atoms with van der Waals surface area (Å²) in [6.45, 7) is 4.33. The summed E-state index contributed by atoms with van der Waals surface area (Å²) in [7, 11) is 0. The second-order valence-electron chi connectivity index (χ2n) is 4.74. The Balaban J connectivity index is 2.52. The number of nitriles is 1. The van der Waals surface area contributed by atoms with Crippen molar-refractivity contribution in [3.05, 3.63) is 53.6 Å². The lowest BCUT2D eigenvalue weighted by Gasteiger charge is -2.09. The maximum atomic E-state index is 8.97. The topological polar surface area (TPSA) is 49.8 Å². The van der Waals surface area contributed by atoms with Gasteiger partial charge in [-0.25, -0.2) is 0 Å². The van der Waals surface area contributed by atoms with Crippen LogP contribution in [0.15, 0.2) is 42.5 Å². The summed E-state index contributed by atoms with van der Waals surface area (Å²) in [5.74, 6) is 0.487. The molecule has 0 aliphatic carbocycles. The minimum Gasteiger partial charge on any atom is -0.399 e. The summed E-state index contributed by atoms with van der Waals surface area (Å²) < 4.78 is 0. The Labute approximate surface area is 108 Å². The molecule has 18 heavy (non-hydrogen) atoms. The molecule has 0 aliphatic rings. The van der Waals surface area contributed by atoms with Gasteiger partial charge in [0, 0.05) is 5.69 Å². The minimum atomic E-state index is 0.487. The molecule has 0 aromatic heterocycles. The average Bonchev–Trinajstić information content (AvgIpc) is 2.38. The highest BCUT2D eigenvalue weighted by molar-refractivity contribution is 5.70. The minimum absolute atomic E-state index is 0.487. The van der Waals surface area contributed by atoms with Crippen LogP contribution >= 0.6 is 0 Å². The van der Waals surface area contributed by atoms with Gasteiger partial charge in [0.2, 0.25) is 0 Å². The predicted octanol–water partition coefficient (Wildman–Crippen LogP) is 3.93. The Morgan fingerprint density at radius 1 is 1.06 bits per heavy atom. The molecule has 0 atom stereocenters. The van der Waals surface area contributed by atoms with E-state index in [4.69, 9.17) is 11.0 Å². The molecule has 0 aliphatic heterocycles. The third-order valence-corrected chi connectivity index (χ3v) is 2.97. The van der Waals surface area contributed by atoms with Crippen LogP contribution in [0, 0.1) is 11.3 Å². The molecule has 0 bridgehead atoms. The Morgan fingerprint density at radius 3 is 2.50 bits per heavy atom. The van der Waals surface area contributed by atoms with Crippen LogP contribution in [0.25, 0.3) is 11.1 Å². The normalized spacial score (nSPS) is 10.3. The molecule has 90 valence electrons. The second kappa shape index (κ2) is 4.93. The molecule has 2 N–H and O–H groups in total. The molecule has 2 heteroatoms. The zero-order valence-corrected chi connectivity index (χ0v) is 10.6. The van der Waals surface area contributed by atoms with E-state index in [0.717, 1.165) is 11.1 Å². The predicted molar refractivity (Wildman–Crippen MR) is 75.1 cm³/mol. The summed E-state index contributed by atoms with van der Waals surface area (Å²) >= 11 is 0. The van der Waals surface area contributed by atoms with Gasteiger partial charge in [-0.3, -0.25) is 0 Å². The van der Waals surface area contributed by atoms with Gasteiger partial charge in [0.25, 0.3) is 0 Å². The number of rotatable bonds is 2. The van der Waals surface area contributed by atoms with Gasteiger partial charge in [-0.05, 0) is 40.8 Å². The van der Waals surface area contributed by atoms with E-state index < -0.39 is 0 Å². The largest absolute Gasteiger partial charge is 0.399 e. The zero-order valence-electron chi connectivity index (χ0n) is 10.6. The highest BCUT2D eigenvalue weighted by Gasteiger charge is 2.04. The number of nitrogens with two attached hydrogens (primary N) is 1. The van der Waals surface area contributed by atoms with Crippen LogP contribution in [0.1, 0.15) is 30.9 Å². The number of hydrogen-bond donors (Lipinski definition) is 1. The molecular weight excluding hydrogens is 220 g/mol. The second-order valence-corrected chi connectivity index (χ2v) is 4.74. The fraction of sp³-hybridized carbons (Fsp3) is 0.188. The van der Waals surface area contributed by atoms with E-state index >= 15 is 0 Å². The van der Waals surface area contributed by atoms with Crippen LogP contribution in [-0.4, -0.2) is 0 Å². The van der Waals surface area contributed by atoms with Gasteiger partial charge in [-0.15, -0.1) is 0 Å². The molecule has 0 unspecified atom stereocenters. The molecule has 0 fully saturated rings. The first-order valence-electron chi connectivity index (χ1n) is 6.01. The fourth-order valence-electron chi connectivity index (χ4n) is 1.96. The van der Waals surface area contributed by atoms with Crippen LogP contribution in [0.4, 0.5) is 5.69 Å². The van der Waals surface area contributed by atoms with Crippen LogP contribution in [-0.2, 0) is 0 Å². The van der Waals surface area contributed by atoms with Crippen molar-refractivity contribution in [3.63, 3.8) is 0 Å². The number of hydrogen-bond acceptors (Lipinski definition) is 2. The molecule has 2 nitrogen and oxygen atoms in total. The maximum Gasteiger partial charge on any atom is 0.0992 e. The van der Waals surface area contributed by atoms with E-state index in [0.29, 0.717) is 17.2 Å². The molecule has 0 heterocycles. The molecule has 2 aromatic carbocycles. The molecule has 2 rings (SSSR count). The Morgan fingerprint density at radius 2 is 1.83 bits per heavy atom. The SMILES string of the molecule is CC(C)c1cccc(-c2cc(N)cc(C#N)c2)c1. The number of nitrogens with zero attached hydrogens (tertiary/aromatic N) is 1. The summed E-state index contributed by atoms with van der Waals surface area (Å²) in [5, 5.41) is 8.97. The van der Waals surface area contributed by atoms with E-state index in [2.05, 4.69) is 32.0 Å². The third-order valence-electron chi connectivity index (χ3n) is 2.97. The number of nitrogen functional groups attached to an aromatic ring is 1. The number of anilines is 1. The Bertz CT molecular complexity index is 607. The number of benzene rings is 2. The van der Waals surface area contributed by atoms with E-state index in [1.54, 1.807) is 6.07 Å². The maximum absolute atomic E-state index is 8.97. The Kier molecular flexibility index (Phi) is 3.34. The van der Waals surface area contributed by atoms with Crippen molar-refractivity contribution in [1.29, 1.82) is 5.26 Å². The zero-order chi connectivity index (χ0) is 13.1. The van der Waals surface area contributed by atoms with Crippen LogP contribution < -0.4 is 5.73 Å². The fourth-order valence-corrected chi connectivity index (χ4v) is 1.96. The average molecular weight is 236 g/mol. The molecule has 0 spiro atoms. The molecule has 0 radical (unpaired) electrons. The van der Waals surface area contributed by atoms with Gasteiger partial charge < -0.3 is 5.73 Å².